The fraction of sp³-hybridized carbons (Fsp3) is 0.650. The van der Waals surface area contributed by atoms with Gasteiger partial charge in [0.25, 0.3) is 0 Å². The van der Waals surface area contributed by atoms with Crippen molar-refractivity contribution in [3.8, 4) is 5.75 Å². The lowest BCUT2D eigenvalue weighted by Gasteiger charge is -2.35. The first kappa shape index (κ1) is 19.7. The number of benzene rings is 1. The second-order valence-electron chi connectivity index (χ2n) is 7.00. The molecule has 2 rings (SSSR count). The average molecular weight is 348 g/mol. The second-order valence-corrected chi connectivity index (χ2v) is 7.00. The minimum atomic E-state index is 0.110. The number of amides is 1. The zero-order chi connectivity index (χ0) is 17.9. The molecule has 0 saturated carbocycles. The van der Waals surface area contributed by atoms with Crippen molar-refractivity contribution in [3.63, 3.8) is 0 Å². The summed E-state index contributed by atoms with van der Waals surface area (Å²) in [6, 6.07) is 10.1. The topological polar surface area (TPSA) is 50.8 Å². The number of para-hydroxylation sites is 1. The summed E-state index contributed by atoms with van der Waals surface area (Å²) in [6.45, 7) is 9.24. The van der Waals surface area contributed by atoms with E-state index in [1.54, 1.807) is 0 Å². The van der Waals surface area contributed by atoms with E-state index in [1.165, 1.54) is 0 Å². The molecule has 0 spiro atoms. The maximum atomic E-state index is 12.1. The van der Waals surface area contributed by atoms with E-state index in [9.17, 15) is 4.79 Å². The van der Waals surface area contributed by atoms with E-state index in [4.69, 9.17) is 9.47 Å². The molecule has 1 heterocycles. The van der Waals surface area contributed by atoms with Gasteiger partial charge in [0.1, 0.15) is 5.75 Å². The van der Waals surface area contributed by atoms with Crippen LogP contribution in [0.3, 0.4) is 0 Å². The van der Waals surface area contributed by atoms with E-state index in [0.29, 0.717) is 25.0 Å². The van der Waals surface area contributed by atoms with Gasteiger partial charge in [-0.25, -0.2) is 0 Å². The highest BCUT2D eigenvalue weighted by Gasteiger charge is 2.22. The lowest BCUT2D eigenvalue weighted by atomic mass is 10.0. The molecule has 0 aromatic heterocycles. The van der Waals surface area contributed by atoms with Crippen LogP contribution in [0, 0.1) is 5.92 Å². The molecule has 0 radical (unpaired) electrons. The number of hydrogen-bond donors (Lipinski definition) is 1. The number of rotatable bonds is 10. The van der Waals surface area contributed by atoms with Gasteiger partial charge < -0.3 is 14.8 Å². The Morgan fingerprint density at radius 3 is 2.64 bits per heavy atom. The van der Waals surface area contributed by atoms with Crippen molar-refractivity contribution in [2.75, 3.05) is 39.5 Å². The van der Waals surface area contributed by atoms with Crippen LogP contribution in [-0.4, -0.2) is 56.3 Å². The van der Waals surface area contributed by atoms with Crippen molar-refractivity contribution in [1.82, 2.24) is 10.2 Å². The van der Waals surface area contributed by atoms with Gasteiger partial charge in [-0.05, 0) is 30.9 Å². The van der Waals surface area contributed by atoms with E-state index in [2.05, 4.69) is 24.1 Å². The summed E-state index contributed by atoms with van der Waals surface area (Å²) in [7, 11) is 0. The lowest BCUT2D eigenvalue weighted by Crippen LogP contribution is -2.49. The van der Waals surface area contributed by atoms with Gasteiger partial charge in [-0.3, -0.25) is 9.69 Å². The van der Waals surface area contributed by atoms with Crippen molar-refractivity contribution >= 4 is 5.91 Å². The van der Waals surface area contributed by atoms with E-state index in [-0.39, 0.29) is 5.91 Å². The molecule has 1 N–H and O–H groups in total. The molecule has 1 aliphatic heterocycles. The fourth-order valence-electron chi connectivity index (χ4n) is 3.11. The summed E-state index contributed by atoms with van der Waals surface area (Å²) >= 11 is 0. The Balaban J connectivity index is 1.65. The summed E-state index contributed by atoms with van der Waals surface area (Å²) in [5.41, 5.74) is 0. The number of nitrogens with zero attached hydrogens (tertiary/aromatic N) is 1. The van der Waals surface area contributed by atoms with E-state index in [1.807, 2.05) is 30.3 Å². The molecular weight excluding hydrogens is 316 g/mol. The number of hydrogen-bond acceptors (Lipinski definition) is 4. The number of morpholine rings is 1. The van der Waals surface area contributed by atoms with Crippen LogP contribution in [-0.2, 0) is 9.53 Å². The first-order chi connectivity index (χ1) is 12.1. The Hall–Kier alpha value is -1.59. The SMILES string of the molecule is CC(C)CC(CNC(=O)CCCOc1ccccc1)N1CCOCC1. The Kier molecular flexibility index (Phi) is 8.77. The standard InChI is InChI=1S/C20H32N2O3/c1-17(2)15-18(22-10-13-24-14-11-22)16-21-20(23)9-6-12-25-19-7-4-3-5-8-19/h3-5,7-8,17-18H,6,9-16H2,1-2H3,(H,21,23). The molecule has 1 saturated heterocycles. The highest BCUT2D eigenvalue weighted by atomic mass is 16.5. The molecule has 1 aromatic carbocycles. The molecule has 1 atom stereocenters. The summed E-state index contributed by atoms with van der Waals surface area (Å²) < 4.78 is 11.1. The van der Waals surface area contributed by atoms with Crippen LogP contribution < -0.4 is 10.1 Å². The minimum Gasteiger partial charge on any atom is -0.494 e. The predicted octanol–water partition coefficient (Wildman–Crippen LogP) is 2.71. The number of nitrogens with one attached hydrogen (secondary N) is 1. The highest BCUT2D eigenvalue weighted by molar-refractivity contribution is 5.75. The Labute approximate surface area is 151 Å². The summed E-state index contributed by atoms with van der Waals surface area (Å²) in [4.78, 5) is 14.6. The van der Waals surface area contributed by atoms with Crippen LogP contribution in [0.5, 0.6) is 5.75 Å². The monoisotopic (exact) mass is 348 g/mol. The molecule has 0 aliphatic carbocycles. The zero-order valence-corrected chi connectivity index (χ0v) is 15.6. The van der Waals surface area contributed by atoms with Crippen LogP contribution in [0.4, 0.5) is 0 Å². The van der Waals surface area contributed by atoms with Crippen molar-refractivity contribution in [1.29, 1.82) is 0 Å². The minimum absolute atomic E-state index is 0.110. The first-order valence-corrected chi connectivity index (χ1v) is 9.41. The zero-order valence-electron chi connectivity index (χ0n) is 15.6. The van der Waals surface area contributed by atoms with Gasteiger partial charge in [0.05, 0.1) is 19.8 Å². The molecule has 140 valence electrons. The predicted molar refractivity (Wildman–Crippen MR) is 99.8 cm³/mol. The third-order valence-corrected chi connectivity index (χ3v) is 4.40. The molecule has 1 aliphatic rings. The third kappa shape index (κ3) is 7.88. The van der Waals surface area contributed by atoms with Crippen LogP contribution in [0.15, 0.2) is 30.3 Å². The Morgan fingerprint density at radius 1 is 1.24 bits per heavy atom. The maximum Gasteiger partial charge on any atom is 0.220 e. The molecule has 0 bridgehead atoms. The number of carbonyl (C=O) groups is 1. The largest absolute Gasteiger partial charge is 0.494 e. The fourth-order valence-corrected chi connectivity index (χ4v) is 3.11. The van der Waals surface area contributed by atoms with E-state index >= 15 is 0 Å². The smallest absolute Gasteiger partial charge is 0.220 e. The van der Waals surface area contributed by atoms with Crippen molar-refractivity contribution in [3.05, 3.63) is 30.3 Å². The average Bonchev–Trinajstić information content (AvgIpc) is 2.63. The van der Waals surface area contributed by atoms with Crippen LogP contribution in [0.2, 0.25) is 0 Å². The Bertz CT molecular complexity index is 487. The van der Waals surface area contributed by atoms with E-state index in [0.717, 1.165) is 51.4 Å². The van der Waals surface area contributed by atoms with Gasteiger partial charge in [0.2, 0.25) is 5.91 Å². The molecule has 1 amide bonds. The molecular formula is C20H32N2O3. The second kappa shape index (κ2) is 11.1. The number of carbonyl (C=O) groups excluding carboxylic acids is 1. The lowest BCUT2D eigenvalue weighted by molar-refractivity contribution is -0.121. The van der Waals surface area contributed by atoms with Gasteiger partial charge in [-0.2, -0.15) is 0 Å². The first-order valence-electron chi connectivity index (χ1n) is 9.41. The van der Waals surface area contributed by atoms with Gasteiger partial charge >= 0.3 is 0 Å². The van der Waals surface area contributed by atoms with Crippen molar-refractivity contribution < 1.29 is 14.3 Å². The summed E-state index contributed by atoms with van der Waals surface area (Å²) in [5, 5.41) is 3.11. The molecule has 25 heavy (non-hydrogen) atoms. The molecule has 5 heteroatoms. The number of ether oxygens (including phenoxy) is 2. The normalized spacial score (nSPS) is 16.6. The molecule has 1 unspecified atom stereocenters. The molecule has 5 nitrogen and oxygen atoms in total. The van der Waals surface area contributed by atoms with Crippen molar-refractivity contribution in [2.24, 2.45) is 5.92 Å². The van der Waals surface area contributed by atoms with Gasteiger partial charge in [0.15, 0.2) is 0 Å². The van der Waals surface area contributed by atoms with Gasteiger partial charge in [0, 0.05) is 32.1 Å². The summed E-state index contributed by atoms with van der Waals surface area (Å²) in [6.07, 6.45) is 2.33. The van der Waals surface area contributed by atoms with Crippen LogP contribution in [0.25, 0.3) is 0 Å². The van der Waals surface area contributed by atoms with Crippen LogP contribution in [0.1, 0.15) is 33.1 Å². The highest BCUT2D eigenvalue weighted by Crippen LogP contribution is 2.13. The molecule has 1 fully saturated rings. The van der Waals surface area contributed by atoms with Gasteiger partial charge in [-0.1, -0.05) is 32.0 Å². The summed E-state index contributed by atoms with van der Waals surface area (Å²) in [5.74, 6) is 1.58. The quantitative estimate of drug-likeness (QED) is 0.661. The van der Waals surface area contributed by atoms with Crippen LogP contribution >= 0.6 is 0 Å². The molecule has 1 aromatic rings. The third-order valence-electron chi connectivity index (χ3n) is 4.40. The van der Waals surface area contributed by atoms with E-state index < -0.39 is 0 Å². The van der Waals surface area contributed by atoms with Gasteiger partial charge in [-0.15, -0.1) is 0 Å². The van der Waals surface area contributed by atoms with Crippen molar-refractivity contribution in [2.45, 2.75) is 39.2 Å². The maximum absolute atomic E-state index is 12.1. The Morgan fingerprint density at radius 2 is 1.96 bits per heavy atom.